The molecule has 0 bridgehead atoms. The lowest BCUT2D eigenvalue weighted by atomic mass is 9.94. The summed E-state index contributed by atoms with van der Waals surface area (Å²) in [5.41, 5.74) is 3.32. The van der Waals surface area contributed by atoms with Crippen LogP contribution in [0.4, 0.5) is 0 Å². The van der Waals surface area contributed by atoms with Gasteiger partial charge in [-0.1, -0.05) is 55.1 Å². The normalized spacial score (nSPS) is 11.4. The van der Waals surface area contributed by atoms with E-state index in [-0.39, 0.29) is 0 Å². The predicted molar refractivity (Wildman–Crippen MR) is 84.0 cm³/mol. The van der Waals surface area contributed by atoms with Crippen LogP contribution in [0.15, 0.2) is 55.3 Å². The first-order chi connectivity index (χ1) is 9.36. The van der Waals surface area contributed by atoms with Crippen molar-refractivity contribution < 1.29 is 0 Å². The predicted octanol–water partition coefficient (Wildman–Crippen LogP) is 5.06. The second kappa shape index (κ2) is 4.69. The lowest BCUT2D eigenvalue weighted by Gasteiger charge is -2.11. The van der Waals surface area contributed by atoms with Gasteiger partial charge in [-0.05, 0) is 29.3 Å². The van der Waals surface area contributed by atoms with Gasteiger partial charge < -0.3 is 0 Å². The van der Waals surface area contributed by atoms with E-state index in [1.807, 2.05) is 25.3 Å². The highest BCUT2D eigenvalue weighted by atomic mass is 14.6. The molecule has 2 aromatic carbocycles. The quantitative estimate of drug-likeness (QED) is 0.575. The van der Waals surface area contributed by atoms with Gasteiger partial charge in [0.05, 0.1) is 5.52 Å². The summed E-state index contributed by atoms with van der Waals surface area (Å²) in [5, 5.41) is 3.67. The van der Waals surface area contributed by atoms with Gasteiger partial charge in [-0.2, -0.15) is 0 Å². The number of hydrogen-bond acceptors (Lipinski definition) is 1. The van der Waals surface area contributed by atoms with Crippen molar-refractivity contribution in [1.29, 1.82) is 0 Å². The van der Waals surface area contributed by atoms with Crippen LogP contribution in [-0.4, -0.2) is 4.98 Å². The number of aromatic nitrogens is 1. The van der Waals surface area contributed by atoms with E-state index in [0.29, 0.717) is 0 Å². The van der Waals surface area contributed by atoms with Crippen LogP contribution in [0.3, 0.4) is 0 Å². The summed E-state index contributed by atoms with van der Waals surface area (Å²) in [4.78, 5) is 4.54. The number of allylic oxidation sites excluding steroid dienone is 1. The highest BCUT2D eigenvalue weighted by molar-refractivity contribution is 6.13. The molecule has 0 amide bonds. The third-order valence-corrected chi connectivity index (χ3v) is 3.40. The molecule has 3 rings (SSSR count). The molecule has 1 heterocycles. The van der Waals surface area contributed by atoms with Gasteiger partial charge in [-0.3, -0.25) is 4.98 Å². The Morgan fingerprint density at radius 1 is 0.947 bits per heavy atom. The number of fused-ring (bicyclic) bond motifs is 3. The Bertz CT molecular complexity index is 797. The fourth-order valence-corrected chi connectivity index (χ4v) is 2.62. The van der Waals surface area contributed by atoms with Gasteiger partial charge in [0.15, 0.2) is 0 Å². The Balaban J connectivity index is 2.64. The molecule has 92 valence electrons. The van der Waals surface area contributed by atoms with Crippen LogP contribution < -0.4 is 0 Å². The molecular formula is C18H15N. The first-order valence-electron chi connectivity index (χ1n) is 6.41. The van der Waals surface area contributed by atoms with Crippen LogP contribution in [0.25, 0.3) is 33.8 Å². The van der Waals surface area contributed by atoms with Gasteiger partial charge >= 0.3 is 0 Å². The zero-order valence-corrected chi connectivity index (χ0v) is 10.9. The molecule has 1 aromatic heterocycles. The molecule has 19 heavy (non-hydrogen) atoms. The van der Waals surface area contributed by atoms with E-state index in [9.17, 15) is 0 Å². The van der Waals surface area contributed by atoms with Gasteiger partial charge in [0.2, 0.25) is 0 Å². The van der Waals surface area contributed by atoms with Crippen molar-refractivity contribution in [2.45, 2.75) is 6.92 Å². The van der Waals surface area contributed by atoms with Crippen LogP contribution in [0, 0.1) is 0 Å². The van der Waals surface area contributed by atoms with Crippen LogP contribution in [0.1, 0.15) is 18.1 Å². The smallest absolute Gasteiger partial charge is 0.0786 e. The van der Waals surface area contributed by atoms with Crippen molar-refractivity contribution in [2.75, 3.05) is 0 Å². The summed E-state index contributed by atoms with van der Waals surface area (Å²) in [6, 6.07) is 12.6. The van der Waals surface area contributed by atoms with Crippen molar-refractivity contribution >= 4 is 33.8 Å². The van der Waals surface area contributed by atoms with Crippen molar-refractivity contribution in [3.63, 3.8) is 0 Å². The SMILES string of the molecule is C=Cc1c(/C=C\C)c2ccccc2c2cccnc12. The fraction of sp³-hybridized carbons (Fsp3) is 0.0556. The van der Waals surface area contributed by atoms with Crippen molar-refractivity contribution in [1.82, 2.24) is 4.98 Å². The first kappa shape index (κ1) is 11.7. The van der Waals surface area contributed by atoms with Crippen molar-refractivity contribution in [3.8, 4) is 0 Å². The summed E-state index contributed by atoms with van der Waals surface area (Å²) < 4.78 is 0. The fourth-order valence-electron chi connectivity index (χ4n) is 2.62. The Morgan fingerprint density at radius 2 is 1.68 bits per heavy atom. The number of nitrogens with zero attached hydrogens (tertiary/aromatic N) is 1. The molecule has 0 spiro atoms. The third kappa shape index (κ3) is 1.75. The largest absolute Gasteiger partial charge is 0.256 e. The molecule has 0 aliphatic carbocycles. The molecule has 0 saturated heterocycles. The van der Waals surface area contributed by atoms with Gasteiger partial charge in [0.25, 0.3) is 0 Å². The molecule has 0 saturated carbocycles. The second-order valence-electron chi connectivity index (χ2n) is 4.48. The van der Waals surface area contributed by atoms with Crippen molar-refractivity contribution in [2.24, 2.45) is 0 Å². The molecule has 3 aromatic rings. The summed E-state index contributed by atoms with van der Waals surface area (Å²) in [5.74, 6) is 0. The minimum Gasteiger partial charge on any atom is -0.256 e. The first-order valence-corrected chi connectivity index (χ1v) is 6.41. The van der Waals surface area contributed by atoms with E-state index in [1.54, 1.807) is 0 Å². The topological polar surface area (TPSA) is 12.9 Å². The van der Waals surface area contributed by atoms with Crippen molar-refractivity contribution in [3.05, 3.63) is 66.4 Å². The Labute approximate surface area is 112 Å². The van der Waals surface area contributed by atoms with Crippen LogP contribution in [-0.2, 0) is 0 Å². The Hall–Kier alpha value is -2.41. The highest BCUT2D eigenvalue weighted by Gasteiger charge is 2.10. The molecule has 0 unspecified atom stereocenters. The molecule has 0 aliphatic rings. The maximum absolute atomic E-state index is 4.54. The number of hydrogen-bond donors (Lipinski definition) is 0. The Kier molecular flexibility index (Phi) is 2.88. The summed E-state index contributed by atoms with van der Waals surface area (Å²) in [6.07, 6.45) is 7.93. The molecule has 0 N–H and O–H groups in total. The third-order valence-electron chi connectivity index (χ3n) is 3.40. The zero-order valence-electron chi connectivity index (χ0n) is 10.9. The van der Waals surface area contributed by atoms with Gasteiger partial charge in [-0.25, -0.2) is 0 Å². The van der Waals surface area contributed by atoms with Gasteiger partial charge in [0.1, 0.15) is 0 Å². The summed E-state index contributed by atoms with van der Waals surface area (Å²) in [7, 11) is 0. The van der Waals surface area contributed by atoms with Crippen LogP contribution in [0.2, 0.25) is 0 Å². The number of rotatable bonds is 2. The molecule has 0 aliphatic heterocycles. The summed E-state index contributed by atoms with van der Waals surface area (Å²) in [6.45, 7) is 5.99. The molecule has 1 nitrogen and oxygen atoms in total. The number of pyridine rings is 1. The van der Waals surface area contributed by atoms with Gasteiger partial charge in [0, 0.05) is 17.1 Å². The maximum Gasteiger partial charge on any atom is 0.0786 e. The average molecular weight is 245 g/mol. The number of benzene rings is 2. The van der Waals surface area contributed by atoms with Gasteiger partial charge in [-0.15, -0.1) is 0 Å². The lowest BCUT2D eigenvalue weighted by molar-refractivity contribution is 1.41. The van der Waals surface area contributed by atoms with E-state index < -0.39 is 0 Å². The Morgan fingerprint density at radius 3 is 2.42 bits per heavy atom. The monoisotopic (exact) mass is 245 g/mol. The lowest BCUT2D eigenvalue weighted by Crippen LogP contribution is -1.90. The molecule has 0 fully saturated rings. The van der Waals surface area contributed by atoms with E-state index in [4.69, 9.17) is 0 Å². The maximum atomic E-state index is 4.54. The van der Waals surface area contributed by atoms with Crippen LogP contribution >= 0.6 is 0 Å². The zero-order chi connectivity index (χ0) is 13.2. The highest BCUT2D eigenvalue weighted by Crippen LogP contribution is 2.33. The molecule has 0 radical (unpaired) electrons. The molecular weight excluding hydrogens is 230 g/mol. The van der Waals surface area contributed by atoms with E-state index >= 15 is 0 Å². The van der Waals surface area contributed by atoms with Crippen LogP contribution in [0.5, 0.6) is 0 Å². The summed E-state index contributed by atoms with van der Waals surface area (Å²) >= 11 is 0. The molecule has 0 atom stereocenters. The minimum atomic E-state index is 1.02. The molecule has 1 heteroatoms. The van der Waals surface area contributed by atoms with E-state index in [1.165, 1.54) is 21.7 Å². The average Bonchev–Trinajstić information content (AvgIpc) is 2.48. The standard InChI is InChI=1S/C18H15N/c1-3-8-14-13(4-2)18-17(11-7-12-19-18)16-10-6-5-9-15(14)16/h3-12H,2H2,1H3/b8-3-. The minimum absolute atomic E-state index is 1.02. The van der Waals surface area contributed by atoms with E-state index in [2.05, 4.69) is 54.0 Å². The second-order valence-corrected chi connectivity index (χ2v) is 4.48. The van der Waals surface area contributed by atoms with E-state index in [0.717, 1.165) is 11.1 Å².